The smallest absolute Gasteiger partial charge is 0.142 e. The Morgan fingerprint density at radius 2 is 1.55 bits per heavy atom. The average molecular weight is 386 g/mol. The molecule has 1 fully saturated rings. The zero-order chi connectivity index (χ0) is 19.6. The quantitative estimate of drug-likeness (QED) is 0.731. The predicted molar refractivity (Wildman–Crippen MR) is 113 cm³/mol. The Morgan fingerprint density at radius 3 is 2.21 bits per heavy atom. The van der Waals surface area contributed by atoms with Crippen molar-refractivity contribution in [2.24, 2.45) is 5.10 Å². The van der Waals surface area contributed by atoms with Crippen molar-refractivity contribution in [3.8, 4) is 0 Å². The van der Waals surface area contributed by atoms with E-state index in [1.165, 1.54) is 17.2 Å². The van der Waals surface area contributed by atoms with Gasteiger partial charge in [-0.25, -0.2) is 4.39 Å². The number of benzene rings is 3. The van der Waals surface area contributed by atoms with E-state index >= 15 is 0 Å². The average Bonchev–Trinajstić information content (AvgIpc) is 3.19. The van der Waals surface area contributed by atoms with E-state index < -0.39 is 0 Å². The van der Waals surface area contributed by atoms with Gasteiger partial charge in [-0.15, -0.1) is 0 Å². The van der Waals surface area contributed by atoms with Crippen molar-refractivity contribution in [2.75, 3.05) is 19.6 Å². The molecule has 0 aromatic heterocycles. The number of fused-ring (bicyclic) bond motifs is 1. The zero-order valence-electron chi connectivity index (χ0n) is 16.1. The van der Waals surface area contributed by atoms with Crippen LogP contribution >= 0.6 is 0 Å². The van der Waals surface area contributed by atoms with Gasteiger partial charge in [0.25, 0.3) is 0 Å². The van der Waals surface area contributed by atoms with E-state index in [0.29, 0.717) is 0 Å². The van der Waals surface area contributed by atoms with Gasteiger partial charge in [0.2, 0.25) is 0 Å². The highest BCUT2D eigenvalue weighted by Crippen LogP contribution is 2.32. The Labute approximate surface area is 170 Å². The lowest BCUT2D eigenvalue weighted by Gasteiger charge is -2.40. The van der Waals surface area contributed by atoms with Crippen LogP contribution in [0.1, 0.15) is 28.9 Å². The molecule has 0 radical (unpaired) electrons. The van der Waals surface area contributed by atoms with Crippen molar-refractivity contribution in [3.05, 3.63) is 107 Å². The van der Waals surface area contributed by atoms with Gasteiger partial charge in [-0.05, 0) is 28.8 Å². The van der Waals surface area contributed by atoms with Crippen molar-refractivity contribution in [1.29, 1.82) is 0 Å². The van der Waals surface area contributed by atoms with E-state index in [1.807, 2.05) is 6.07 Å². The van der Waals surface area contributed by atoms with Gasteiger partial charge >= 0.3 is 0 Å². The Balaban J connectivity index is 1.41. The Hall–Kier alpha value is -3.18. The molecule has 2 aliphatic heterocycles. The molecule has 29 heavy (non-hydrogen) atoms. The summed E-state index contributed by atoms with van der Waals surface area (Å²) in [5.74, 6) is 0.784. The SMILES string of the molecule is Fc1cccc(C2NN=C3CN(C(c4ccccc4)c4ccccc4)CCN32)c1. The molecule has 0 bridgehead atoms. The third kappa shape index (κ3) is 3.49. The van der Waals surface area contributed by atoms with E-state index in [2.05, 4.69) is 81.0 Å². The third-order valence-electron chi connectivity index (χ3n) is 5.69. The van der Waals surface area contributed by atoms with Gasteiger partial charge in [-0.1, -0.05) is 72.8 Å². The molecule has 1 saturated heterocycles. The molecule has 1 N–H and O–H groups in total. The van der Waals surface area contributed by atoms with Crippen LogP contribution in [0.15, 0.2) is 90.0 Å². The highest BCUT2D eigenvalue weighted by atomic mass is 19.1. The normalized spacial score (nSPS) is 19.0. The highest BCUT2D eigenvalue weighted by Gasteiger charge is 2.36. The second-order valence-electron chi connectivity index (χ2n) is 7.50. The number of hydrazone groups is 1. The summed E-state index contributed by atoms with van der Waals surface area (Å²) in [4.78, 5) is 4.72. The number of piperazine rings is 1. The molecule has 1 atom stereocenters. The van der Waals surface area contributed by atoms with Crippen molar-refractivity contribution in [2.45, 2.75) is 12.2 Å². The van der Waals surface area contributed by atoms with Crippen LogP contribution in [0.3, 0.4) is 0 Å². The first-order valence-electron chi connectivity index (χ1n) is 9.98. The Morgan fingerprint density at radius 1 is 0.862 bits per heavy atom. The lowest BCUT2D eigenvalue weighted by atomic mass is 9.96. The maximum absolute atomic E-state index is 13.7. The molecule has 0 spiro atoms. The molecule has 2 heterocycles. The lowest BCUT2D eigenvalue weighted by molar-refractivity contribution is 0.174. The van der Waals surface area contributed by atoms with Crippen LogP contribution in [0.4, 0.5) is 4.39 Å². The van der Waals surface area contributed by atoms with Crippen LogP contribution in [0.5, 0.6) is 0 Å². The van der Waals surface area contributed by atoms with E-state index in [9.17, 15) is 4.39 Å². The maximum atomic E-state index is 13.7. The van der Waals surface area contributed by atoms with Gasteiger partial charge in [0.1, 0.15) is 17.8 Å². The monoisotopic (exact) mass is 386 g/mol. The number of hydrogen-bond acceptors (Lipinski definition) is 4. The second-order valence-corrected chi connectivity index (χ2v) is 7.50. The van der Waals surface area contributed by atoms with Crippen LogP contribution < -0.4 is 5.43 Å². The van der Waals surface area contributed by atoms with Gasteiger partial charge in [-0.3, -0.25) is 10.3 Å². The summed E-state index contributed by atoms with van der Waals surface area (Å²) in [6.45, 7) is 2.48. The summed E-state index contributed by atoms with van der Waals surface area (Å²) in [6.07, 6.45) is -0.102. The number of amidine groups is 1. The second kappa shape index (κ2) is 7.68. The summed E-state index contributed by atoms with van der Waals surface area (Å²) < 4.78 is 13.7. The molecule has 146 valence electrons. The highest BCUT2D eigenvalue weighted by molar-refractivity contribution is 5.86. The van der Waals surface area contributed by atoms with Crippen molar-refractivity contribution in [1.82, 2.24) is 15.2 Å². The Kier molecular flexibility index (Phi) is 4.74. The van der Waals surface area contributed by atoms with Gasteiger partial charge in [0.05, 0.1) is 12.6 Å². The summed E-state index contributed by atoms with van der Waals surface area (Å²) in [5.41, 5.74) is 6.66. The molecular weight excluding hydrogens is 363 g/mol. The molecule has 0 aliphatic carbocycles. The molecule has 3 aromatic rings. The van der Waals surface area contributed by atoms with Crippen LogP contribution in [-0.4, -0.2) is 35.3 Å². The molecule has 0 amide bonds. The molecular formula is C24H23FN4. The van der Waals surface area contributed by atoms with Crippen molar-refractivity contribution >= 4 is 5.84 Å². The van der Waals surface area contributed by atoms with Gasteiger partial charge in [0, 0.05) is 13.1 Å². The summed E-state index contributed by atoms with van der Waals surface area (Å²) >= 11 is 0. The first-order valence-corrected chi connectivity index (χ1v) is 9.98. The molecule has 5 rings (SSSR count). The number of nitrogens with one attached hydrogen (secondary N) is 1. The fraction of sp³-hybridized carbons (Fsp3) is 0.208. The standard InChI is InChI=1S/C24H23FN4/c25-21-13-7-12-20(16-21)24-27-26-22-17-28(14-15-29(22)24)23(18-8-3-1-4-9-18)19-10-5-2-6-11-19/h1-13,16,23-24,27H,14-15,17H2. The predicted octanol–water partition coefficient (Wildman–Crippen LogP) is 4.15. The summed E-state index contributed by atoms with van der Waals surface area (Å²) in [5, 5.41) is 4.59. The van der Waals surface area contributed by atoms with E-state index in [1.54, 1.807) is 12.1 Å². The summed E-state index contributed by atoms with van der Waals surface area (Å²) in [6, 6.07) is 28.2. The van der Waals surface area contributed by atoms with Crippen LogP contribution in [0, 0.1) is 5.82 Å². The Bertz CT molecular complexity index is 966. The van der Waals surface area contributed by atoms with Gasteiger partial charge in [-0.2, -0.15) is 5.10 Å². The largest absolute Gasteiger partial charge is 0.331 e. The molecule has 4 nitrogen and oxygen atoms in total. The molecule has 2 aliphatic rings. The van der Waals surface area contributed by atoms with E-state index in [-0.39, 0.29) is 18.0 Å². The maximum Gasteiger partial charge on any atom is 0.142 e. The fourth-order valence-corrected chi connectivity index (χ4v) is 4.34. The molecule has 5 heteroatoms. The number of rotatable bonds is 4. The van der Waals surface area contributed by atoms with Crippen LogP contribution in [0.25, 0.3) is 0 Å². The lowest BCUT2D eigenvalue weighted by Crippen LogP contribution is -2.51. The minimum absolute atomic E-state index is 0.102. The fourth-order valence-electron chi connectivity index (χ4n) is 4.34. The van der Waals surface area contributed by atoms with Crippen LogP contribution in [-0.2, 0) is 0 Å². The molecule has 0 saturated carbocycles. The molecule has 3 aromatic carbocycles. The number of halogens is 1. The van der Waals surface area contributed by atoms with Gasteiger partial charge < -0.3 is 4.90 Å². The van der Waals surface area contributed by atoms with Gasteiger partial charge in [0.15, 0.2) is 0 Å². The first-order chi connectivity index (χ1) is 14.3. The third-order valence-corrected chi connectivity index (χ3v) is 5.69. The van der Waals surface area contributed by atoms with Crippen molar-refractivity contribution < 1.29 is 4.39 Å². The minimum Gasteiger partial charge on any atom is -0.331 e. The molecule has 1 unspecified atom stereocenters. The minimum atomic E-state index is -0.218. The van der Waals surface area contributed by atoms with E-state index in [0.717, 1.165) is 31.0 Å². The first kappa shape index (κ1) is 17.9. The van der Waals surface area contributed by atoms with E-state index in [4.69, 9.17) is 0 Å². The van der Waals surface area contributed by atoms with Crippen LogP contribution in [0.2, 0.25) is 0 Å². The topological polar surface area (TPSA) is 30.9 Å². The van der Waals surface area contributed by atoms with Crippen molar-refractivity contribution in [3.63, 3.8) is 0 Å². The summed E-state index contributed by atoms with van der Waals surface area (Å²) in [7, 11) is 0. The zero-order valence-corrected chi connectivity index (χ0v) is 16.1. The number of nitrogens with zero attached hydrogens (tertiary/aromatic N) is 3. The number of hydrogen-bond donors (Lipinski definition) is 1.